The summed E-state index contributed by atoms with van der Waals surface area (Å²) in [6.45, 7) is 9.92. The van der Waals surface area contributed by atoms with Gasteiger partial charge in [-0.05, 0) is 38.7 Å². The number of benzene rings is 1. The minimum atomic E-state index is -0.242. The molecule has 136 valence electrons. The van der Waals surface area contributed by atoms with Gasteiger partial charge >= 0.3 is 0 Å². The van der Waals surface area contributed by atoms with Crippen molar-refractivity contribution in [2.24, 2.45) is 5.92 Å². The van der Waals surface area contributed by atoms with Crippen LogP contribution in [0.3, 0.4) is 0 Å². The van der Waals surface area contributed by atoms with E-state index in [1.165, 1.54) is 16.9 Å². The van der Waals surface area contributed by atoms with Crippen LogP contribution < -0.4 is 5.32 Å². The van der Waals surface area contributed by atoms with Gasteiger partial charge in [0.2, 0.25) is 0 Å². The van der Waals surface area contributed by atoms with Gasteiger partial charge < -0.3 is 4.52 Å². The summed E-state index contributed by atoms with van der Waals surface area (Å²) in [5, 5.41) is 7.27. The molecule has 26 heavy (non-hydrogen) atoms. The number of nitrogens with zero attached hydrogens (tertiary/aromatic N) is 2. The zero-order valence-corrected chi connectivity index (χ0v) is 16.5. The Labute approximate surface area is 157 Å². The number of anilines is 1. The Hall–Kier alpha value is -2.47. The van der Waals surface area contributed by atoms with Crippen LogP contribution in [0.2, 0.25) is 0 Å². The lowest BCUT2D eigenvalue weighted by Crippen LogP contribution is -2.13. The Balaban J connectivity index is 1.80. The zero-order valence-electron chi connectivity index (χ0n) is 15.7. The Morgan fingerprint density at radius 1 is 1.19 bits per heavy atom. The highest BCUT2D eigenvalue weighted by atomic mass is 32.1. The van der Waals surface area contributed by atoms with Gasteiger partial charge in [0, 0.05) is 10.4 Å². The molecule has 0 bridgehead atoms. The van der Waals surface area contributed by atoms with Crippen molar-refractivity contribution in [3.8, 4) is 11.3 Å². The molecule has 0 radical (unpaired) electrons. The third-order valence-electron chi connectivity index (χ3n) is 4.15. The van der Waals surface area contributed by atoms with Crippen LogP contribution in [0, 0.1) is 26.7 Å². The van der Waals surface area contributed by atoms with Crippen LogP contribution >= 0.6 is 11.3 Å². The van der Waals surface area contributed by atoms with Crippen molar-refractivity contribution >= 4 is 22.4 Å². The number of aryl methyl sites for hydroxylation is 3. The molecule has 3 rings (SSSR count). The van der Waals surface area contributed by atoms with E-state index in [1.54, 1.807) is 13.8 Å². The van der Waals surface area contributed by atoms with E-state index < -0.39 is 0 Å². The van der Waals surface area contributed by atoms with E-state index in [0.717, 1.165) is 22.6 Å². The molecule has 6 heteroatoms. The third-order valence-corrected chi connectivity index (χ3v) is 5.04. The molecular weight excluding hydrogens is 346 g/mol. The van der Waals surface area contributed by atoms with E-state index in [2.05, 4.69) is 53.6 Å². The van der Waals surface area contributed by atoms with Crippen molar-refractivity contribution in [1.82, 2.24) is 10.1 Å². The maximum Gasteiger partial charge on any atom is 0.262 e. The number of nitrogens with one attached hydrogen (secondary N) is 1. The molecule has 2 aromatic heterocycles. The maximum absolute atomic E-state index is 12.5. The van der Waals surface area contributed by atoms with Crippen LogP contribution in [0.4, 0.5) is 5.13 Å². The molecule has 1 N–H and O–H groups in total. The highest BCUT2D eigenvalue weighted by Gasteiger charge is 2.19. The van der Waals surface area contributed by atoms with Crippen molar-refractivity contribution in [2.75, 3.05) is 5.32 Å². The predicted octanol–water partition coefficient (Wildman–Crippen LogP) is 5.17. The molecule has 0 atom stereocenters. The average molecular weight is 369 g/mol. The molecule has 0 aliphatic rings. The molecule has 1 aromatic carbocycles. The van der Waals surface area contributed by atoms with E-state index >= 15 is 0 Å². The highest BCUT2D eigenvalue weighted by molar-refractivity contribution is 7.16. The first-order valence-corrected chi connectivity index (χ1v) is 9.47. The molecule has 0 saturated heterocycles. The quantitative estimate of drug-likeness (QED) is 0.673. The largest absolute Gasteiger partial charge is 0.361 e. The molecule has 0 spiro atoms. The minimum Gasteiger partial charge on any atom is -0.361 e. The molecule has 2 heterocycles. The first-order chi connectivity index (χ1) is 12.3. The fourth-order valence-corrected chi connectivity index (χ4v) is 3.79. The Morgan fingerprint density at radius 3 is 2.46 bits per heavy atom. The summed E-state index contributed by atoms with van der Waals surface area (Å²) in [5.41, 5.74) is 4.33. The summed E-state index contributed by atoms with van der Waals surface area (Å²) >= 11 is 1.47. The summed E-state index contributed by atoms with van der Waals surface area (Å²) in [6, 6.07) is 8.49. The number of carbonyl (C=O) groups excluding carboxylic acids is 1. The second-order valence-corrected chi connectivity index (χ2v) is 8.08. The molecule has 5 nitrogen and oxygen atoms in total. The van der Waals surface area contributed by atoms with Crippen molar-refractivity contribution < 1.29 is 9.32 Å². The lowest BCUT2D eigenvalue weighted by Gasteiger charge is -2.06. The van der Waals surface area contributed by atoms with Crippen LogP contribution in [-0.4, -0.2) is 16.0 Å². The summed E-state index contributed by atoms with van der Waals surface area (Å²) < 4.78 is 5.06. The molecule has 0 saturated carbocycles. The summed E-state index contributed by atoms with van der Waals surface area (Å²) in [4.78, 5) is 18.2. The van der Waals surface area contributed by atoms with Crippen molar-refractivity contribution in [1.29, 1.82) is 0 Å². The number of carbonyl (C=O) groups is 1. The Kier molecular flexibility index (Phi) is 5.23. The first-order valence-electron chi connectivity index (χ1n) is 8.66. The third kappa shape index (κ3) is 3.85. The summed E-state index contributed by atoms with van der Waals surface area (Å²) in [5.74, 6) is 0.899. The number of aromatic nitrogens is 2. The fraction of sp³-hybridized carbons (Fsp3) is 0.350. The second-order valence-electron chi connectivity index (χ2n) is 6.87. The molecule has 0 fully saturated rings. The van der Waals surface area contributed by atoms with Gasteiger partial charge in [-0.25, -0.2) is 4.98 Å². The lowest BCUT2D eigenvalue weighted by atomic mass is 10.0. The Bertz CT molecular complexity index is 904. The van der Waals surface area contributed by atoms with Gasteiger partial charge in [-0.15, -0.1) is 11.3 Å². The van der Waals surface area contributed by atoms with Crippen molar-refractivity contribution in [3.05, 3.63) is 51.7 Å². The SMILES string of the molecule is Cc1noc(C)c1C(=O)Nc1nc(-c2ccc(CC(C)C)cc2)c(C)s1. The molecule has 1 amide bonds. The van der Waals surface area contributed by atoms with Crippen LogP contribution in [-0.2, 0) is 6.42 Å². The standard InChI is InChI=1S/C20H23N3O2S/c1-11(2)10-15-6-8-16(9-7-15)18-14(5)26-20(21-18)22-19(24)17-12(3)23-25-13(17)4/h6-9,11H,10H2,1-5H3,(H,21,22,24). The molecular formula is C20H23N3O2S. The highest BCUT2D eigenvalue weighted by Crippen LogP contribution is 2.31. The molecule has 3 aromatic rings. The van der Waals surface area contributed by atoms with Crippen molar-refractivity contribution in [2.45, 2.75) is 41.0 Å². The Morgan fingerprint density at radius 2 is 1.88 bits per heavy atom. The molecule has 0 aliphatic carbocycles. The van der Waals surface area contributed by atoms with Gasteiger partial charge in [0.15, 0.2) is 5.13 Å². The van der Waals surface area contributed by atoms with E-state index in [-0.39, 0.29) is 5.91 Å². The average Bonchev–Trinajstić information content (AvgIpc) is 3.09. The van der Waals surface area contributed by atoms with Gasteiger partial charge in [0.05, 0.1) is 11.4 Å². The first kappa shape index (κ1) is 18.3. The van der Waals surface area contributed by atoms with E-state index in [9.17, 15) is 4.79 Å². The number of rotatable bonds is 5. The minimum absolute atomic E-state index is 0.242. The summed E-state index contributed by atoms with van der Waals surface area (Å²) in [6.07, 6.45) is 1.06. The van der Waals surface area contributed by atoms with E-state index in [0.29, 0.717) is 28.1 Å². The van der Waals surface area contributed by atoms with Gasteiger partial charge in [-0.2, -0.15) is 0 Å². The zero-order chi connectivity index (χ0) is 18.8. The van der Waals surface area contributed by atoms with Gasteiger partial charge in [0.1, 0.15) is 11.3 Å². The van der Waals surface area contributed by atoms with E-state index in [4.69, 9.17) is 4.52 Å². The number of hydrogen-bond donors (Lipinski definition) is 1. The van der Waals surface area contributed by atoms with E-state index in [1.807, 2.05) is 6.92 Å². The normalized spacial score (nSPS) is 11.2. The van der Waals surface area contributed by atoms with Gasteiger partial charge in [-0.3, -0.25) is 10.1 Å². The summed E-state index contributed by atoms with van der Waals surface area (Å²) in [7, 11) is 0. The maximum atomic E-state index is 12.5. The van der Waals surface area contributed by atoms with Gasteiger partial charge in [0.25, 0.3) is 5.91 Å². The predicted molar refractivity (Wildman–Crippen MR) is 105 cm³/mol. The fourth-order valence-electron chi connectivity index (χ4n) is 2.95. The van der Waals surface area contributed by atoms with Crippen LogP contribution in [0.15, 0.2) is 28.8 Å². The lowest BCUT2D eigenvalue weighted by molar-refractivity contribution is 0.102. The number of hydrogen-bond acceptors (Lipinski definition) is 5. The van der Waals surface area contributed by atoms with Crippen molar-refractivity contribution in [3.63, 3.8) is 0 Å². The number of amides is 1. The molecule has 0 unspecified atom stereocenters. The second kappa shape index (κ2) is 7.41. The van der Waals surface area contributed by atoms with Crippen LogP contribution in [0.25, 0.3) is 11.3 Å². The van der Waals surface area contributed by atoms with Gasteiger partial charge in [-0.1, -0.05) is 43.3 Å². The number of thiazole rings is 1. The monoisotopic (exact) mass is 369 g/mol. The topological polar surface area (TPSA) is 68.0 Å². The van der Waals surface area contributed by atoms with Crippen LogP contribution in [0.5, 0.6) is 0 Å². The smallest absolute Gasteiger partial charge is 0.262 e. The molecule has 0 aliphatic heterocycles. The van der Waals surface area contributed by atoms with Crippen LogP contribution in [0.1, 0.15) is 46.1 Å².